The molecule has 1 saturated heterocycles. The second kappa shape index (κ2) is 9.12. The van der Waals surface area contributed by atoms with Crippen molar-refractivity contribution >= 4 is 20.5 Å². The minimum Gasteiger partial charge on any atom is -0.395 e. The molecule has 0 amide bonds. The zero-order chi connectivity index (χ0) is 15.7. The predicted molar refractivity (Wildman–Crippen MR) is 81.9 cm³/mol. The smallest absolute Gasteiger partial charge is 0.334 e. The van der Waals surface area contributed by atoms with Crippen LogP contribution < -0.4 is 0 Å². The molecule has 1 rings (SSSR count). The van der Waals surface area contributed by atoms with Gasteiger partial charge in [0, 0.05) is 13.2 Å². The molecular weight excluding hydrogens is 288 g/mol. The quantitative estimate of drug-likeness (QED) is 0.204. The Labute approximate surface area is 127 Å². The van der Waals surface area contributed by atoms with Crippen LogP contribution in [0.2, 0.25) is 12.6 Å². The number of esters is 2. The summed E-state index contributed by atoms with van der Waals surface area (Å²) in [5.41, 5.74) is 0. The van der Waals surface area contributed by atoms with E-state index in [0.29, 0.717) is 19.6 Å². The summed E-state index contributed by atoms with van der Waals surface area (Å²) < 4.78 is 16.1. The number of carbonyl (C=O) groups excluding carboxylic acids is 2. The Kier molecular flexibility index (Phi) is 7.85. The summed E-state index contributed by atoms with van der Waals surface area (Å²) in [5.74, 6) is -1.09. The molecule has 0 aliphatic carbocycles. The largest absolute Gasteiger partial charge is 0.395 e. The molecule has 6 heteroatoms. The number of rotatable bonds is 10. The van der Waals surface area contributed by atoms with Gasteiger partial charge in [-0.15, -0.1) is 0 Å². The SMILES string of the molecule is CCO[Si](C)(CCCC=CCC1CC(=O)OC1=O)OCC. The molecule has 21 heavy (non-hydrogen) atoms. The standard InChI is InChI=1S/C15H26O5Si/c1-4-18-21(3,19-5-2)11-9-7-6-8-10-13-12-14(16)20-15(13)17/h6,8,13H,4-5,7,9-12H2,1-3H3. The zero-order valence-electron chi connectivity index (χ0n) is 13.2. The summed E-state index contributed by atoms with van der Waals surface area (Å²) in [4.78, 5) is 22.2. The van der Waals surface area contributed by atoms with E-state index in [1.165, 1.54) is 0 Å². The molecular formula is C15H26O5Si. The molecule has 1 aliphatic rings. The summed E-state index contributed by atoms with van der Waals surface area (Å²) in [6, 6.07) is 0.961. The maximum Gasteiger partial charge on any atom is 0.334 e. The summed E-state index contributed by atoms with van der Waals surface area (Å²) in [6.07, 6.45) is 6.75. The highest BCUT2D eigenvalue weighted by Crippen LogP contribution is 2.21. The fourth-order valence-electron chi connectivity index (χ4n) is 2.42. The Bertz CT molecular complexity index is 374. The maximum absolute atomic E-state index is 11.3. The van der Waals surface area contributed by atoms with Crippen LogP contribution in [0, 0.1) is 5.92 Å². The third-order valence-electron chi connectivity index (χ3n) is 3.45. The molecule has 1 heterocycles. The van der Waals surface area contributed by atoms with Gasteiger partial charge in [-0.1, -0.05) is 12.2 Å². The second-order valence-corrected chi connectivity index (χ2v) is 8.64. The first kappa shape index (κ1) is 18.1. The number of hydrogen-bond donors (Lipinski definition) is 0. The van der Waals surface area contributed by atoms with E-state index >= 15 is 0 Å². The molecule has 0 aromatic carbocycles. The van der Waals surface area contributed by atoms with Gasteiger partial charge in [0.05, 0.1) is 12.3 Å². The number of ether oxygens (including phenoxy) is 1. The van der Waals surface area contributed by atoms with Crippen LogP contribution in [0.5, 0.6) is 0 Å². The Hall–Kier alpha value is -0.983. The number of hydrogen-bond acceptors (Lipinski definition) is 5. The molecule has 0 N–H and O–H groups in total. The van der Waals surface area contributed by atoms with Gasteiger partial charge in [-0.3, -0.25) is 9.59 Å². The first-order valence-electron chi connectivity index (χ1n) is 7.68. The van der Waals surface area contributed by atoms with E-state index in [4.69, 9.17) is 8.85 Å². The average Bonchev–Trinajstić information content (AvgIpc) is 2.72. The maximum atomic E-state index is 11.3. The van der Waals surface area contributed by atoms with Crippen LogP contribution in [0.4, 0.5) is 0 Å². The first-order chi connectivity index (χ1) is 10.0. The minimum atomic E-state index is -2.01. The van der Waals surface area contributed by atoms with Crippen LogP contribution in [-0.2, 0) is 23.2 Å². The predicted octanol–water partition coefficient (Wildman–Crippen LogP) is 2.95. The van der Waals surface area contributed by atoms with Crippen LogP contribution in [0.25, 0.3) is 0 Å². The van der Waals surface area contributed by atoms with Gasteiger partial charge in [-0.2, -0.15) is 0 Å². The first-order valence-corrected chi connectivity index (χ1v) is 10.2. The van der Waals surface area contributed by atoms with Gasteiger partial charge in [0.15, 0.2) is 0 Å². The lowest BCUT2D eigenvalue weighted by molar-refractivity contribution is -0.153. The normalized spacial score (nSPS) is 19.5. The minimum absolute atomic E-state index is 0.211. The van der Waals surface area contributed by atoms with E-state index in [0.717, 1.165) is 18.9 Å². The van der Waals surface area contributed by atoms with Crippen molar-refractivity contribution in [2.24, 2.45) is 5.92 Å². The molecule has 0 bridgehead atoms. The summed E-state index contributed by atoms with van der Waals surface area (Å²) >= 11 is 0. The fourth-order valence-corrected chi connectivity index (χ4v) is 4.86. The second-order valence-electron chi connectivity index (χ2n) is 5.29. The van der Waals surface area contributed by atoms with E-state index < -0.39 is 20.5 Å². The Morgan fingerprint density at radius 1 is 1.24 bits per heavy atom. The molecule has 0 aromatic rings. The lowest BCUT2D eigenvalue weighted by atomic mass is 10.0. The topological polar surface area (TPSA) is 61.8 Å². The molecule has 5 nitrogen and oxygen atoms in total. The lowest BCUT2D eigenvalue weighted by Gasteiger charge is -2.25. The van der Waals surface area contributed by atoms with Crippen molar-refractivity contribution in [2.75, 3.05) is 13.2 Å². The summed E-state index contributed by atoms with van der Waals surface area (Å²) in [6.45, 7) is 7.47. The Morgan fingerprint density at radius 2 is 1.90 bits per heavy atom. The number of cyclic esters (lactones) is 2. The molecule has 1 aliphatic heterocycles. The lowest BCUT2D eigenvalue weighted by Crippen LogP contribution is -2.38. The zero-order valence-corrected chi connectivity index (χ0v) is 14.2. The molecule has 1 atom stereocenters. The Balaban J connectivity index is 2.22. The van der Waals surface area contributed by atoms with E-state index in [-0.39, 0.29) is 12.3 Å². The van der Waals surface area contributed by atoms with Gasteiger partial charge in [0.25, 0.3) is 0 Å². The van der Waals surface area contributed by atoms with Crippen LogP contribution in [0.3, 0.4) is 0 Å². The molecule has 0 spiro atoms. The van der Waals surface area contributed by atoms with E-state index in [1.807, 2.05) is 19.9 Å². The van der Waals surface area contributed by atoms with Gasteiger partial charge >= 0.3 is 20.5 Å². The van der Waals surface area contributed by atoms with Gasteiger partial charge in [-0.05, 0) is 45.7 Å². The van der Waals surface area contributed by atoms with Crippen molar-refractivity contribution in [1.29, 1.82) is 0 Å². The van der Waals surface area contributed by atoms with Crippen molar-refractivity contribution in [1.82, 2.24) is 0 Å². The van der Waals surface area contributed by atoms with E-state index in [9.17, 15) is 9.59 Å². The van der Waals surface area contributed by atoms with Crippen LogP contribution >= 0.6 is 0 Å². The van der Waals surface area contributed by atoms with E-state index in [2.05, 4.69) is 17.4 Å². The van der Waals surface area contributed by atoms with E-state index in [1.54, 1.807) is 0 Å². The molecule has 0 saturated carbocycles. The van der Waals surface area contributed by atoms with Gasteiger partial charge in [-0.25, -0.2) is 0 Å². The average molecular weight is 314 g/mol. The summed E-state index contributed by atoms with van der Waals surface area (Å²) in [7, 11) is -2.01. The molecule has 0 radical (unpaired) electrons. The molecule has 0 aromatic heterocycles. The highest BCUT2D eigenvalue weighted by atomic mass is 28.4. The van der Waals surface area contributed by atoms with Gasteiger partial charge in [0.2, 0.25) is 0 Å². The van der Waals surface area contributed by atoms with Crippen molar-refractivity contribution in [3.63, 3.8) is 0 Å². The monoisotopic (exact) mass is 314 g/mol. The third kappa shape index (κ3) is 6.54. The molecule has 120 valence electrons. The van der Waals surface area contributed by atoms with Gasteiger partial charge in [0.1, 0.15) is 0 Å². The van der Waals surface area contributed by atoms with Crippen LogP contribution in [0.15, 0.2) is 12.2 Å². The highest BCUT2D eigenvalue weighted by Gasteiger charge is 2.32. The van der Waals surface area contributed by atoms with Crippen molar-refractivity contribution in [3.8, 4) is 0 Å². The summed E-state index contributed by atoms with van der Waals surface area (Å²) in [5, 5.41) is 0. The molecule has 1 fully saturated rings. The van der Waals surface area contributed by atoms with Crippen molar-refractivity contribution in [2.45, 2.75) is 52.1 Å². The number of carbonyl (C=O) groups is 2. The fraction of sp³-hybridized carbons (Fsp3) is 0.733. The highest BCUT2D eigenvalue weighted by molar-refractivity contribution is 6.66. The Morgan fingerprint density at radius 3 is 2.43 bits per heavy atom. The number of unbranched alkanes of at least 4 members (excludes halogenated alkanes) is 1. The third-order valence-corrected chi connectivity index (χ3v) is 6.51. The van der Waals surface area contributed by atoms with Crippen molar-refractivity contribution in [3.05, 3.63) is 12.2 Å². The van der Waals surface area contributed by atoms with Gasteiger partial charge < -0.3 is 13.6 Å². The molecule has 1 unspecified atom stereocenters. The van der Waals surface area contributed by atoms with Crippen LogP contribution in [-0.4, -0.2) is 33.7 Å². The van der Waals surface area contributed by atoms with Crippen molar-refractivity contribution < 1.29 is 23.2 Å². The van der Waals surface area contributed by atoms with Crippen LogP contribution in [0.1, 0.15) is 39.5 Å². The number of allylic oxidation sites excluding steroid dienone is 2.